The van der Waals surface area contributed by atoms with Gasteiger partial charge in [0.2, 0.25) is 11.9 Å². The quantitative estimate of drug-likeness (QED) is 0.509. The number of hydrogen-bond acceptors (Lipinski definition) is 8. The average Bonchev–Trinajstić information content (AvgIpc) is 3.44. The summed E-state index contributed by atoms with van der Waals surface area (Å²) in [6.07, 6.45) is 2.56. The first kappa shape index (κ1) is 20.7. The smallest absolute Gasteiger partial charge is 0.281 e. The van der Waals surface area contributed by atoms with Crippen LogP contribution in [0, 0.1) is 0 Å². The van der Waals surface area contributed by atoms with Gasteiger partial charge in [0.05, 0.1) is 0 Å². The molecule has 162 valence electrons. The van der Waals surface area contributed by atoms with E-state index in [1.54, 1.807) is 12.1 Å². The summed E-state index contributed by atoms with van der Waals surface area (Å²) in [6.45, 7) is 3.95. The molecule has 0 radical (unpaired) electrons. The van der Waals surface area contributed by atoms with E-state index in [1.165, 1.54) is 25.9 Å². The van der Waals surface area contributed by atoms with Crippen molar-refractivity contribution >= 4 is 29.2 Å². The second-order valence-corrected chi connectivity index (χ2v) is 7.38. The Morgan fingerprint density at radius 2 is 1.74 bits per heavy atom. The molecule has 0 atom stereocenters. The summed E-state index contributed by atoms with van der Waals surface area (Å²) < 4.78 is 6.91. The van der Waals surface area contributed by atoms with Crippen LogP contribution in [0.5, 0.6) is 5.75 Å². The zero-order valence-corrected chi connectivity index (χ0v) is 17.5. The van der Waals surface area contributed by atoms with Crippen LogP contribution in [0.2, 0.25) is 0 Å². The van der Waals surface area contributed by atoms with E-state index >= 15 is 0 Å². The molecule has 2 heterocycles. The van der Waals surface area contributed by atoms with Crippen LogP contribution in [0.4, 0.5) is 23.3 Å². The molecule has 0 aliphatic carbocycles. The number of likely N-dealkylation sites (tertiary alicyclic amines) is 1. The van der Waals surface area contributed by atoms with Gasteiger partial charge in [-0.25, -0.2) is 0 Å². The number of hydrogen-bond donors (Lipinski definition) is 3. The number of carbonyl (C=O) groups excluding carboxylic acids is 1. The Kier molecular flexibility index (Phi) is 6.32. The van der Waals surface area contributed by atoms with Crippen LogP contribution >= 0.6 is 0 Å². The predicted molar refractivity (Wildman–Crippen MR) is 121 cm³/mol. The molecule has 31 heavy (non-hydrogen) atoms. The lowest BCUT2D eigenvalue weighted by Gasteiger charge is -2.15. The van der Waals surface area contributed by atoms with Crippen molar-refractivity contribution in [1.29, 1.82) is 0 Å². The summed E-state index contributed by atoms with van der Waals surface area (Å²) in [4.78, 5) is 19.3. The standard InChI is InChI=1S/C22H27N7O2/c1-24-17-6-4-16(5-7-17)20(30)29-21(23)26-22(27-29)25-18-8-10-19(11-9-18)31-15-14-28-12-2-3-13-28/h4-11,24H,2-3,12-15H2,1H3,(H3,23,25,26,27). The van der Waals surface area contributed by atoms with Gasteiger partial charge < -0.3 is 21.1 Å². The third-order valence-corrected chi connectivity index (χ3v) is 5.23. The first-order chi connectivity index (χ1) is 15.1. The Hall–Kier alpha value is -3.59. The highest BCUT2D eigenvalue weighted by molar-refractivity contribution is 5.97. The van der Waals surface area contributed by atoms with Gasteiger partial charge in [-0.2, -0.15) is 9.67 Å². The number of nitrogens with two attached hydrogens (primary N) is 1. The fourth-order valence-corrected chi connectivity index (χ4v) is 3.49. The number of aromatic nitrogens is 3. The van der Waals surface area contributed by atoms with Crippen LogP contribution in [0.25, 0.3) is 0 Å². The van der Waals surface area contributed by atoms with Crippen molar-refractivity contribution in [3.8, 4) is 5.75 Å². The molecule has 1 aliphatic rings. The summed E-state index contributed by atoms with van der Waals surface area (Å²) in [5.74, 6) is 0.734. The second kappa shape index (κ2) is 9.48. The van der Waals surface area contributed by atoms with Crippen LogP contribution < -0.4 is 21.1 Å². The van der Waals surface area contributed by atoms with Crippen LogP contribution in [0.3, 0.4) is 0 Å². The highest BCUT2D eigenvalue weighted by Crippen LogP contribution is 2.20. The van der Waals surface area contributed by atoms with Gasteiger partial charge in [-0.1, -0.05) is 0 Å². The topological polar surface area (TPSA) is 110 Å². The average molecular weight is 422 g/mol. The van der Waals surface area contributed by atoms with Crippen molar-refractivity contribution < 1.29 is 9.53 Å². The lowest BCUT2D eigenvalue weighted by atomic mass is 10.2. The van der Waals surface area contributed by atoms with Crippen LogP contribution in [-0.2, 0) is 0 Å². The molecule has 1 fully saturated rings. The Bertz CT molecular complexity index is 1010. The SMILES string of the molecule is CNc1ccc(C(=O)n2nc(Nc3ccc(OCCN4CCCC4)cc3)nc2N)cc1. The molecule has 0 amide bonds. The Morgan fingerprint density at radius 1 is 1.06 bits per heavy atom. The molecule has 3 aromatic rings. The zero-order chi connectivity index (χ0) is 21.6. The monoisotopic (exact) mass is 421 g/mol. The van der Waals surface area contributed by atoms with Gasteiger partial charge in [0, 0.05) is 30.5 Å². The summed E-state index contributed by atoms with van der Waals surface area (Å²) in [5, 5.41) is 10.3. The third-order valence-electron chi connectivity index (χ3n) is 5.23. The van der Waals surface area contributed by atoms with Crippen molar-refractivity contribution in [1.82, 2.24) is 19.7 Å². The van der Waals surface area contributed by atoms with Gasteiger partial charge >= 0.3 is 0 Å². The summed E-state index contributed by atoms with van der Waals surface area (Å²) in [5.41, 5.74) is 8.07. The van der Waals surface area contributed by atoms with Gasteiger partial charge in [-0.05, 0) is 74.5 Å². The lowest BCUT2D eigenvalue weighted by molar-refractivity contribution is 0.0948. The maximum absolute atomic E-state index is 12.7. The van der Waals surface area contributed by atoms with Gasteiger partial charge in [0.15, 0.2) is 0 Å². The van der Waals surface area contributed by atoms with Crippen LogP contribution in [-0.4, -0.2) is 58.9 Å². The van der Waals surface area contributed by atoms with Crippen LogP contribution in [0.15, 0.2) is 48.5 Å². The van der Waals surface area contributed by atoms with E-state index in [2.05, 4.69) is 25.6 Å². The summed E-state index contributed by atoms with van der Waals surface area (Å²) in [7, 11) is 1.82. The van der Waals surface area contributed by atoms with Crippen LogP contribution in [0.1, 0.15) is 23.2 Å². The predicted octanol–water partition coefficient (Wildman–Crippen LogP) is 2.81. The third kappa shape index (κ3) is 5.13. The number of nitrogen functional groups attached to an aromatic ring is 1. The van der Waals surface area contributed by atoms with E-state index < -0.39 is 0 Å². The molecule has 1 aromatic heterocycles. The largest absolute Gasteiger partial charge is 0.492 e. The molecule has 4 N–H and O–H groups in total. The van der Waals surface area contributed by atoms with E-state index in [1.807, 2.05) is 43.4 Å². The minimum atomic E-state index is -0.345. The highest BCUT2D eigenvalue weighted by Gasteiger charge is 2.16. The van der Waals surface area contributed by atoms with Gasteiger partial charge in [0.25, 0.3) is 5.91 Å². The molecule has 1 aliphatic heterocycles. The van der Waals surface area contributed by atoms with Crippen molar-refractivity contribution in [3.05, 3.63) is 54.1 Å². The molecule has 9 nitrogen and oxygen atoms in total. The maximum atomic E-state index is 12.7. The summed E-state index contributed by atoms with van der Waals surface area (Å²) >= 11 is 0. The molecule has 1 saturated heterocycles. The van der Waals surface area contributed by atoms with Gasteiger partial charge in [-0.15, -0.1) is 5.10 Å². The number of benzene rings is 2. The maximum Gasteiger partial charge on any atom is 0.281 e. The molecule has 0 unspecified atom stereocenters. The second-order valence-electron chi connectivity index (χ2n) is 7.38. The van der Waals surface area contributed by atoms with E-state index in [0.717, 1.165) is 28.4 Å². The first-order valence-corrected chi connectivity index (χ1v) is 10.4. The Labute approximate surface area is 181 Å². The normalized spacial score (nSPS) is 13.8. The molecular formula is C22H27N7O2. The van der Waals surface area contributed by atoms with E-state index in [-0.39, 0.29) is 17.8 Å². The van der Waals surface area contributed by atoms with E-state index in [9.17, 15) is 4.79 Å². The van der Waals surface area contributed by atoms with Gasteiger partial charge in [-0.3, -0.25) is 9.69 Å². The fourth-order valence-electron chi connectivity index (χ4n) is 3.49. The molecule has 0 spiro atoms. The molecule has 0 bridgehead atoms. The van der Waals surface area contributed by atoms with Crippen molar-refractivity contribution in [2.24, 2.45) is 0 Å². The molecular weight excluding hydrogens is 394 g/mol. The van der Waals surface area contributed by atoms with E-state index in [4.69, 9.17) is 10.5 Å². The molecule has 2 aromatic carbocycles. The Balaban J connectivity index is 1.35. The summed E-state index contributed by atoms with van der Waals surface area (Å²) in [6, 6.07) is 14.6. The minimum Gasteiger partial charge on any atom is -0.492 e. The highest BCUT2D eigenvalue weighted by atomic mass is 16.5. The first-order valence-electron chi connectivity index (χ1n) is 10.4. The number of nitrogens with one attached hydrogen (secondary N) is 2. The number of carbonyl (C=O) groups is 1. The van der Waals surface area contributed by atoms with Crippen molar-refractivity contribution in [2.75, 3.05) is 49.7 Å². The van der Waals surface area contributed by atoms with Gasteiger partial charge in [0.1, 0.15) is 12.4 Å². The zero-order valence-electron chi connectivity index (χ0n) is 17.5. The number of ether oxygens (including phenoxy) is 1. The molecule has 0 saturated carbocycles. The van der Waals surface area contributed by atoms with Crippen molar-refractivity contribution in [3.63, 3.8) is 0 Å². The lowest BCUT2D eigenvalue weighted by Crippen LogP contribution is -2.25. The number of anilines is 4. The number of nitrogens with zero attached hydrogens (tertiary/aromatic N) is 4. The van der Waals surface area contributed by atoms with E-state index in [0.29, 0.717) is 12.2 Å². The molecule has 9 heteroatoms. The van der Waals surface area contributed by atoms with Crippen molar-refractivity contribution in [2.45, 2.75) is 12.8 Å². The molecule has 4 rings (SSSR count). The minimum absolute atomic E-state index is 0.0204. The Morgan fingerprint density at radius 3 is 2.42 bits per heavy atom. The number of rotatable bonds is 8. The fraction of sp³-hybridized carbons (Fsp3) is 0.318.